The van der Waals surface area contributed by atoms with E-state index in [0.717, 1.165) is 24.6 Å². The molecule has 0 amide bonds. The minimum absolute atomic E-state index is 0.300. The Bertz CT molecular complexity index is 579. The molecular formula is C19H31FN4O. The maximum absolute atomic E-state index is 14.0. The molecule has 1 N–H and O–H groups in total. The summed E-state index contributed by atoms with van der Waals surface area (Å²) in [5.41, 5.74) is 0.867. The molecule has 0 saturated carbocycles. The zero-order valence-electron chi connectivity index (χ0n) is 15.9. The average molecular weight is 350 g/mol. The van der Waals surface area contributed by atoms with Crippen LogP contribution in [0.2, 0.25) is 0 Å². The molecule has 1 saturated heterocycles. The van der Waals surface area contributed by atoms with Crippen molar-refractivity contribution in [1.82, 2.24) is 15.1 Å². The van der Waals surface area contributed by atoms with Crippen molar-refractivity contribution in [2.75, 3.05) is 40.3 Å². The number of aliphatic imine (C=N–C) groups is 1. The number of rotatable bonds is 7. The minimum atomic E-state index is -0.325. The number of halogens is 1. The van der Waals surface area contributed by atoms with E-state index in [4.69, 9.17) is 4.74 Å². The summed E-state index contributed by atoms with van der Waals surface area (Å²) in [6.07, 6.45) is 2.50. The van der Waals surface area contributed by atoms with Crippen molar-refractivity contribution in [1.29, 1.82) is 0 Å². The second-order valence-electron chi connectivity index (χ2n) is 6.40. The van der Waals surface area contributed by atoms with Gasteiger partial charge in [-0.05, 0) is 50.6 Å². The molecular weight excluding hydrogens is 319 g/mol. The zero-order chi connectivity index (χ0) is 18.2. The molecule has 5 nitrogen and oxygen atoms in total. The summed E-state index contributed by atoms with van der Waals surface area (Å²) in [6.45, 7) is 8.28. The highest BCUT2D eigenvalue weighted by atomic mass is 19.1. The SMILES string of the molecule is CCOc1ccc(CNC(=NC)N(C)CC2CCCN2CC)cc1F. The first-order valence-corrected chi connectivity index (χ1v) is 9.16. The Kier molecular flexibility index (Phi) is 7.50. The fourth-order valence-corrected chi connectivity index (χ4v) is 3.41. The molecule has 25 heavy (non-hydrogen) atoms. The third-order valence-electron chi connectivity index (χ3n) is 4.71. The van der Waals surface area contributed by atoms with Gasteiger partial charge in [0.05, 0.1) is 6.61 Å². The predicted octanol–water partition coefficient (Wildman–Crippen LogP) is 2.72. The maximum atomic E-state index is 14.0. The van der Waals surface area contributed by atoms with Gasteiger partial charge in [0, 0.05) is 33.2 Å². The van der Waals surface area contributed by atoms with Gasteiger partial charge in [-0.1, -0.05) is 13.0 Å². The summed E-state index contributed by atoms with van der Waals surface area (Å²) < 4.78 is 19.2. The summed E-state index contributed by atoms with van der Waals surface area (Å²) in [5.74, 6) is 0.805. The average Bonchev–Trinajstić information content (AvgIpc) is 3.05. The van der Waals surface area contributed by atoms with E-state index < -0.39 is 0 Å². The number of nitrogens with one attached hydrogen (secondary N) is 1. The van der Waals surface area contributed by atoms with Crippen LogP contribution >= 0.6 is 0 Å². The number of ether oxygens (including phenoxy) is 1. The molecule has 0 spiro atoms. The number of likely N-dealkylation sites (tertiary alicyclic amines) is 1. The third kappa shape index (κ3) is 5.33. The van der Waals surface area contributed by atoms with Gasteiger partial charge in [-0.15, -0.1) is 0 Å². The molecule has 1 aromatic carbocycles. The maximum Gasteiger partial charge on any atom is 0.193 e. The molecule has 1 atom stereocenters. The predicted molar refractivity (Wildman–Crippen MR) is 101 cm³/mol. The van der Waals surface area contributed by atoms with Crippen LogP contribution in [0, 0.1) is 5.82 Å². The Labute approximate surface area is 150 Å². The van der Waals surface area contributed by atoms with Crippen LogP contribution in [0.5, 0.6) is 5.75 Å². The van der Waals surface area contributed by atoms with E-state index in [-0.39, 0.29) is 5.82 Å². The fraction of sp³-hybridized carbons (Fsp3) is 0.632. The lowest BCUT2D eigenvalue weighted by Gasteiger charge is -2.29. The highest BCUT2D eigenvalue weighted by Gasteiger charge is 2.24. The van der Waals surface area contributed by atoms with Crippen LogP contribution in [0.25, 0.3) is 0 Å². The van der Waals surface area contributed by atoms with Crippen LogP contribution in [0.4, 0.5) is 4.39 Å². The van der Waals surface area contributed by atoms with Crippen molar-refractivity contribution in [2.24, 2.45) is 4.99 Å². The number of hydrogen-bond donors (Lipinski definition) is 1. The molecule has 1 aliphatic heterocycles. The first-order valence-electron chi connectivity index (χ1n) is 9.16. The minimum Gasteiger partial charge on any atom is -0.491 e. The highest BCUT2D eigenvalue weighted by Crippen LogP contribution is 2.19. The van der Waals surface area contributed by atoms with Crippen LogP contribution in [0.15, 0.2) is 23.2 Å². The van der Waals surface area contributed by atoms with Gasteiger partial charge in [0.25, 0.3) is 0 Å². The number of benzene rings is 1. The molecule has 0 aromatic heterocycles. The Hall–Kier alpha value is -1.82. The monoisotopic (exact) mass is 350 g/mol. The van der Waals surface area contributed by atoms with Gasteiger partial charge in [-0.2, -0.15) is 0 Å². The molecule has 0 aliphatic carbocycles. The van der Waals surface area contributed by atoms with Crippen LogP contribution in [0.1, 0.15) is 32.3 Å². The lowest BCUT2D eigenvalue weighted by Crippen LogP contribution is -2.45. The van der Waals surface area contributed by atoms with Crippen molar-refractivity contribution < 1.29 is 9.13 Å². The molecule has 1 fully saturated rings. The smallest absolute Gasteiger partial charge is 0.193 e. The van der Waals surface area contributed by atoms with Crippen LogP contribution in [-0.2, 0) is 6.54 Å². The molecule has 0 bridgehead atoms. The summed E-state index contributed by atoms with van der Waals surface area (Å²) in [6, 6.07) is 5.65. The van der Waals surface area contributed by atoms with Gasteiger partial charge < -0.3 is 15.0 Å². The Morgan fingerprint density at radius 3 is 2.88 bits per heavy atom. The topological polar surface area (TPSA) is 40.1 Å². The van der Waals surface area contributed by atoms with Crippen LogP contribution < -0.4 is 10.1 Å². The van der Waals surface area contributed by atoms with Crippen molar-refractivity contribution >= 4 is 5.96 Å². The Morgan fingerprint density at radius 1 is 1.44 bits per heavy atom. The second kappa shape index (κ2) is 9.61. The molecule has 1 unspecified atom stereocenters. The van der Waals surface area contributed by atoms with Crippen molar-refractivity contribution in [3.8, 4) is 5.75 Å². The van der Waals surface area contributed by atoms with E-state index in [2.05, 4.69) is 34.1 Å². The molecule has 140 valence electrons. The first kappa shape index (κ1) is 19.5. The van der Waals surface area contributed by atoms with E-state index in [0.29, 0.717) is 24.9 Å². The summed E-state index contributed by atoms with van der Waals surface area (Å²) >= 11 is 0. The van der Waals surface area contributed by atoms with Crippen molar-refractivity contribution in [2.45, 2.75) is 39.3 Å². The van der Waals surface area contributed by atoms with Gasteiger partial charge in [0.15, 0.2) is 17.5 Å². The van der Waals surface area contributed by atoms with Gasteiger partial charge in [-0.3, -0.25) is 9.89 Å². The van der Waals surface area contributed by atoms with Gasteiger partial charge in [-0.25, -0.2) is 4.39 Å². The molecule has 6 heteroatoms. The number of hydrogen-bond acceptors (Lipinski definition) is 3. The van der Waals surface area contributed by atoms with Crippen molar-refractivity contribution in [3.63, 3.8) is 0 Å². The molecule has 1 heterocycles. The zero-order valence-corrected chi connectivity index (χ0v) is 15.9. The normalized spacial score (nSPS) is 18.4. The molecule has 2 rings (SSSR count). The second-order valence-corrected chi connectivity index (χ2v) is 6.40. The van der Waals surface area contributed by atoms with Crippen molar-refractivity contribution in [3.05, 3.63) is 29.6 Å². The van der Waals surface area contributed by atoms with E-state index in [1.165, 1.54) is 25.5 Å². The standard InChI is InChI=1S/C19H31FN4O/c1-5-24-11-7-8-16(24)14-23(4)19(21-3)22-13-15-9-10-18(25-6-2)17(20)12-15/h9-10,12,16H,5-8,11,13-14H2,1-4H3,(H,21,22). The lowest BCUT2D eigenvalue weighted by molar-refractivity contribution is 0.232. The lowest BCUT2D eigenvalue weighted by atomic mass is 10.2. The van der Waals surface area contributed by atoms with Crippen LogP contribution in [0.3, 0.4) is 0 Å². The molecule has 0 radical (unpaired) electrons. The summed E-state index contributed by atoms with van der Waals surface area (Å²) in [5, 5.41) is 3.32. The van der Waals surface area contributed by atoms with Gasteiger partial charge in [0.2, 0.25) is 0 Å². The van der Waals surface area contributed by atoms with Gasteiger partial charge >= 0.3 is 0 Å². The Balaban J connectivity index is 1.90. The number of guanidine groups is 1. The van der Waals surface area contributed by atoms with E-state index in [9.17, 15) is 4.39 Å². The first-order chi connectivity index (χ1) is 12.1. The number of likely N-dealkylation sites (N-methyl/N-ethyl adjacent to an activating group) is 2. The Morgan fingerprint density at radius 2 is 2.24 bits per heavy atom. The summed E-state index contributed by atoms with van der Waals surface area (Å²) in [7, 11) is 3.84. The quantitative estimate of drug-likeness (QED) is 0.606. The van der Waals surface area contributed by atoms with E-state index in [1.54, 1.807) is 13.1 Å². The van der Waals surface area contributed by atoms with Crippen LogP contribution in [-0.4, -0.2) is 62.1 Å². The fourth-order valence-electron chi connectivity index (χ4n) is 3.41. The molecule has 1 aromatic rings. The molecule has 1 aliphatic rings. The van der Waals surface area contributed by atoms with Gasteiger partial charge in [0.1, 0.15) is 0 Å². The number of nitrogens with zero attached hydrogens (tertiary/aromatic N) is 3. The summed E-state index contributed by atoms with van der Waals surface area (Å²) in [4.78, 5) is 9.04. The van der Waals surface area contributed by atoms with E-state index in [1.807, 2.05) is 13.0 Å². The highest BCUT2D eigenvalue weighted by molar-refractivity contribution is 5.79. The largest absolute Gasteiger partial charge is 0.491 e. The van der Waals surface area contributed by atoms with E-state index >= 15 is 0 Å². The third-order valence-corrected chi connectivity index (χ3v) is 4.71.